The Morgan fingerprint density at radius 1 is 1.47 bits per heavy atom. The summed E-state index contributed by atoms with van der Waals surface area (Å²) >= 11 is 0. The zero-order valence-electron chi connectivity index (χ0n) is 8.44. The Labute approximate surface area is 89.1 Å². The smallest absolute Gasteiger partial charge is 0.225 e. The number of amides is 1. The minimum atomic E-state index is -0.0486. The van der Waals surface area contributed by atoms with Gasteiger partial charge in [0.05, 0.1) is 6.20 Å². The van der Waals surface area contributed by atoms with Crippen molar-refractivity contribution in [2.24, 2.45) is 0 Å². The summed E-state index contributed by atoms with van der Waals surface area (Å²) in [6, 6.07) is 0. The quantitative estimate of drug-likeness (QED) is 0.584. The van der Waals surface area contributed by atoms with Crippen LogP contribution in [-0.4, -0.2) is 15.9 Å². The van der Waals surface area contributed by atoms with Gasteiger partial charge in [-0.1, -0.05) is 0 Å². The van der Waals surface area contributed by atoms with Gasteiger partial charge in [0.2, 0.25) is 5.91 Å². The van der Waals surface area contributed by atoms with Crippen molar-refractivity contribution in [3.63, 3.8) is 0 Å². The number of hydrogen-bond donors (Lipinski definition) is 1. The molecule has 78 valence electrons. The third kappa shape index (κ3) is 4.77. The Morgan fingerprint density at radius 2 is 2.33 bits per heavy atom. The van der Waals surface area contributed by atoms with Gasteiger partial charge in [-0.05, 0) is 12.8 Å². The van der Waals surface area contributed by atoms with Gasteiger partial charge in [-0.15, -0.1) is 12.3 Å². The van der Waals surface area contributed by atoms with Gasteiger partial charge in [-0.3, -0.25) is 9.78 Å². The second-order valence-electron chi connectivity index (χ2n) is 3.05. The largest absolute Gasteiger partial charge is 0.309 e. The van der Waals surface area contributed by atoms with Gasteiger partial charge in [-0.25, -0.2) is 4.98 Å². The van der Waals surface area contributed by atoms with E-state index in [9.17, 15) is 4.79 Å². The van der Waals surface area contributed by atoms with E-state index in [0.29, 0.717) is 12.2 Å². The minimum absolute atomic E-state index is 0.0486. The Morgan fingerprint density at radius 3 is 3.00 bits per heavy atom. The minimum Gasteiger partial charge on any atom is -0.309 e. The maximum Gasteiger partial charge on any atom is 0.225 e. The van der Waals surface area contributed by atoms with E-state index >= 15 is 0 Å². The van der Waals surface area contributed by atoms with Gasteiger partial charge >= 0.3 is 0 Å². The van der Waals surface area contributed by atoms with Crippen molar-refractivity contribution in [3.05, 3.63) is 18.6 Å². The highest BCUT2D eigenvalue weighted by Crippen LogP contribution is 2.02. The van der Waals surface area contributed by atoms with Gasteiger partial charge in [0.1, 0.15) is 0 Å². The van der Waals surface area contributed by atoms with Gasteiger partial charge in [0.15, 0.2) is 5.82 Å². The molecule has 4 heteroatoms. The van der Waals surface area contributed by atoms with Crippen molar-refractivity contribution >= 4 is 11.7 Å². The lowest BCUT2D eigenvalue weighted by Crippen LogP contribution is -2.12. The fourth-order valence-electron chi connectivity index (χ4n) is 1.08. The summed E-state index contributed by atoms with van der Waals surface area (Å²) < 4.78 is 0. The molecule has 0 unspecified atom stereocenters. The molecule has 4 nitrogen and oxygen atoms in total. The number of anilines is 1. The molecular formula is C11H13N3O. The van der Waals surface area contributed by atoms with Gasteiger partial charge in [0.25, 0.3) is 0 Å². The molecule has 0 aliphatic carbocycles. The van der Waals surface area contributed by atoms with E-state index in [0.717, 1.165) is 19.3 Å². The van der Waals surface area contributed by atoms with E-state index in [1.807, 2.05) is 0 Å². The normalized spacial score (nSPS) is 9.27. The second kappa shape index (κ2) is 6.55. The molecule has 0 saturated carbocycles. The maximum absolute atomic E-state index is 11.3. The topological polar surface area (TPSA) is 54.9 Å². The summed E-state index contributed by atoms with van der Waals surface area (Å²) in [6.07, 6.45) is 12.6. The molecular weight excluding hydrogens is 190 g/mol. The van der Waals surface area contributed by atoms with Crippen molar-refractivity contribution in [1.82, 2.24) is 9.97 Å². The van der Waals surface area contributed by atoms with Crippen molar-refractivity contribution < 1.29 is 4.79 Å². The Balaban J connectivity index is 2.22. The van der Waals surface area contributed by atoms with E-state index in [-0.39, 0.29) is 5.91 Å². The van der Waals surface area contributed by atoms with Gasteiger partial charge in [0, 0.05) is 25.2 Å². The lowest BCUT2D eigenvalue weighted by molar-refractivity contribution is -0.116. The standard InChI is InChI=1S/C11H13N3O/c1-2-3-4-5-6-11(15)14-10-9-12-7-8-13-10/h1,7-9H,3-6H2,(H,13,14,15). The molecule has 1 aromatic heterocycles. The van der Waals surface area contributed by atoms with E-state index in [4.69, 9.17) is 6.42 Å². The zero-order valence-corrected chi connectivity index (χ0v) is 8.44. The number of hydrogen-bond acceptors (Lipinski definition) is 3. The molecule has 0 aliphatic heterocycles. The van der Waals surface area contributed by atoms with Crippen LogP contribution in [0.1, 0.15) is 25.7 Å². The summed E-state index contributed by atoms with van der Waals surface area (Å²) in [4.78, 5) is 19.1. The lowest BCUT2D eigenvalue weighted by atomic mass is 10.2. The van der Waals surface area contributed by atoms with E-state index in [1.54, 1.807) is 6.20 Å². The van der Waals surface area contributed by atoms with Crippen molar-refractivity contribution in [3.8, 4) is 12.3 Å². The van der Waals surface area contributed by atoms with Crippen LogP contribution in [0.25, 0.3) is 0 Å². The summed E-state index contributed by atoms with van der Waals surface area (Å²) in [7, 11) is 0. The van der Waals surface area contributed by atoms with E-state index in [2.05, 4.69) is 21.2 Å². The second-order valence-corrected chi connectivity index (χ2v) is 3.05. The summed E-state index contributed by atoms with van der Waals surface area (Å²) in [5, 5.41) is 2.65. The average Bonchev–Trinajstić information content (AvgIpc) is 2.26. The summed E-state index contributed by atoms with van der Waals surface area (Å²) in [6.45, 7) is 0. The molecule has 1 amide bonds. The molecule has 0 saturated heterocycles. The third-order valence-electron chi connectivity index (χ3n) is 1.81. The molecule has 1 rings (SSSR count). The zero-order chi connectivity index (χ0) is 10.9. The van der Waals surface area contributed by atoms with Crippen molar-refractivity contribution in [1.29, 1.82) is 0 Å². The van der Waals surface area contributed by atoms with Crippen molar-refractivity contribution in [2.45, 2.75) is 25.7 Å². The number of nitrogens with zero attached hydrogens (tertiary/aromatic N) is 2. The SMILES string of the molecule is C#CCCCCC(=O)Nc1cnccn1. The molecule has 0 atom stereocenters. The van der Waals surface area contributed by atoms with E-state index < -0.39 is 0 Å². The summed E-state index contributed by atoms with van der Waals surface area (Å²) in [5.41, 5.74) is 0. The monoisotopic (exact) mass is 203 g/mol. The van der Waals surface area contributed by atoms with Crippen LogP contribution in [0.3, 0.4) is 0 Å². The van der Waals surface area contributed by atoms with Gasteiger partial charge < -0.3 is 5.32 Å². The average molecular weight is 203 g/mol. The van der Waals surface area contributed by atoms with Gasteiger partial charge in [-0.2, -0.15) is 0 Å². The highest BCUT2D eigenvalue weighted by atomic mass is 16.1. The number of nitrogens with one attached hydrogen (secondary N) is 1. The van der Waals surface area contributed by atoms with Crippen LogP contribution in [0.5, 0.6) is 0 Å². The van der Waals surface area contributed by atoms with Crippen molar-refractivity contribution in [2.75, 3.05) is 5.32 Å². The molecule has 0 radical (unpaired) electrons. The number of aromatic nitrogens is 2. The van der Waals surface area contributed by atoms with Crippen LogP contribution in [0.15, 0.2) is 18.6 Å². The van der Waals surface area contributed by atoms with Crippen LogP contribution < -0.4 is 5.32 Å². The highest BCUT2D eigenvalue weighted by molar-refractivity contribution is 5.89. The molecule has 0 aromatic carbocycles. The molecule has 1 aromatic rings. The first-order chi connectivity index (χ1) is 7.33. The Hall–Kier alpha value is -1.89. The number of carbonyl (C=O) groups is 1. The lowest BCUT2D eigenvalue weighted by Gasteiger charge is -2.02. The van der Waals surface area contributed by atoms with Crippen LogP contribution in [0.2, 0.25) is 0 Å². The Bertz CT molecular complexity index is 343. The predicted octanol–water partition coefficient (Wildman–Crippen LogP) is 1.61. The molecule has 15 heavy (non-hydrogen) atoms. The fraction of sp³-hybridized carbons (Fsp3) is 0.364. The molecule has 1 N–H and O–H groups in total. The predicted molar refractivity (Wildman–Crippen MR) is 58.0 cm³/mol. The van der Waals surface area contributed by atoms with Crippen LogP contribution in [0.4, 0.5) is 5.82 Å². The van der Waals surface area contributed by atoms with E-state index in [1.165, 1.54) is 12.4 Å². The third-order valence-corrected chi connectivity index (χ3v) is 1.81. The first kappa shape index (κ1) is 11.2. The molecule has 0 bridgehead atoms. The highest BCUT2D eigenvalue weighted by Gasteiger charge is 2.01. The maximum atomic E-state index is 11.3. The molecule has 0 fully saturated rings. The molecule has 0 spiro atoms. The summed E-state index contributed by atoms with van der Waals surface area (Å²) in [5.74, 6) is 2.97. The first-order valence-electron chi connectivity index (χ1n) is 4.82. The van der Waals surface area contributed by atoms with Crippen LogP contribution >= 0.6 is 0 Å². The number of unbranched alkanes of at least 4 members (excludes halogenated alkanes) is 2. The number of carbonyl (C=O) groups excluding carboxylic acids is 1. The number of terminal acetylenes is 1. The fourth-order valence-corrected chi connectivity index (χ4v) is 1.08. The van der Waals surface area contributed by atoms with Crippen LogP contribution in [0, 0.1) is 12.3 Å². The Kier molecular flexibility index (Phi) is 4.88. The number of rotatable bonds is 5. The van der Waals surface area contributed by atoms with Crippen LogP contribution in [-0.2, 0) is 4.79 Å². The first-order valence-corrected chi connectivity index (χ1v) is 4.82. The molecule has 1 heterocycles. The molecule has 0 aliphatic rings.